The van der Waals surface area contributed by atoms with Gasteiger partial charge in [-0.1, -0.05) is 0 Å². The number of rotatable bonds is 7. The highest BCUT2D eigenvalue weighted by Gasteiger charge is 2.32. The van der Waals surface area contributed by atoms with Crippen LogP contribution < -0.4 is 16.0 Å². The maximum Gasteiger partial charge on any atom is 0.255 e. The molecule has 1 aromatic carbocycles. The fraction of sp³-hybridized carbons (Fsp3) is 0.480. The number of anilines is 3. The summed E-state index contributed by atoms with van der Waals surface area (Å²) < 4.78 is 1.11. The molecule has 7 nitrogen and oxygen atoms in total. The van der Waals surface area contributed by atoms with Crippen molar-refractivity contribution in [2.45, 2.75) is 71.1 Å². The van der Waals surface area contributed by atoms with E-state index in [-0.39, 0.29) is 23.9 Å². The van der Waals surface area contributed by atoms with E-state index >= 15 is 0 Å². The molecular formula is C25H33N5O2S. The molecule has 1 aliphatic rings. The van der Waals surface area contributed by atoms with Crippen LogP contribution in [0.5, 0.6) is 0 Å². The van der Waals surface area contributed by atoms with Crippen LogP contribution in [0.15, 0.2) is 36.0 Å². The van der Waals surface area contributed by atoms with Crippen LogP contribution in [0.1, 0.15) is 63.7 Å². The van der Waals surface area contributed by atoms with Crippen LogP contribution in [-0.4, -0.2) is 38.7 Å². The number of nitrogens with one attached hydrogen (secondary N) is 3. The van der Waals surface area contributed by atoms with E-state index in [9.17, 15) is 9.90 Å². The van der Waals surface area contributed by atoms with Crippen LogP contribution in [0, 0.1) is 5.92 Å². The predicted octanol–water partition coefficient (Wildman–Crippen LogP) is 5.31. The topological polar surface area (TPSA) is 99.2 Å². The molecule has 1 aliphatic carbocycles. The molecule has 0 radical (unpaired) electrons. The standard InChI is InChI=1S/C25H33N5O2S/c1-15(2)28-21-12-23(29-18-9-10-20-22(11-18)33-14-27-20)26-13-19(21)24(31)30-17-7-5-16(6-8-17)25(3,4)32/h9-17,32H,5-8H2,1-4H3,(H,30,31)(H2,26,28,29). The summed E-state index contributed by atoms with van der Waals surface area (Å²) in [7, 11) is 0. The Kier molecular flexibility index (Phi) is 6.86. The Morgan fingerprint density at radius 1 is 1.15 bits per heavy atom. The lowest BCUT2D eigenvalue weighted by atomic mass is 9.77. The van der Waals surface area contributed by atoms with Crippen LogP contribution in [0.4, 0.5) is 17.2 Å². The molecule has 0 unspecified atom stereocenters. The van der Waals surface area contributed by atoms with E-state index in [1.54, 1.807) is 17.5 Å². The van der Waals surface area contributed by atoms with E-state index in [1.807, 2.05) is 51.4 Å². The van der Waals surface area contributed by atoms with Crippen LogP contribution in [-0.2, 0) is 0 Å². The van der Waals surface area contributed by atoms with E-state index in [1.165, 1.54) is 0 Å². The molecule has 0 atom stereocenters. The SMILES string of the molecule is CC(C)Nc1cc(Nc2ccc3ncsc3c2)ncc1C(=O)NC1CCC(C(C)(C)O)CC1. The van der Waals surface area contributed by atoms with Crippen molar-refractivity contribution in [3.8, 4) is 0 Å². The Balaban J connectivity index is 1.47. The Labute approximate surface area is 199 Å². The Hall–Kier alpha value is -2.71. The molecule has 1 saturated carbocycles. The van der Waals surface area contributed by atoms with Gasteiger partial charge >= 0.3 is 0 Å². The average molecular weight is 468 g/mol. The van der Waals surface area contributed by atoms with E-state index < -0.39 is 5.60 Å². The zero-order valence-corrected chi connectivity index (χ0v) is 20.5. The minimum Gasteiger partial charge on any atom is -0.390 e. The summed E-state index contributed by atoms with van der Waals surface area (Å²) >= 11 is 1.60. The molecule has 1 fully saturated rings. The third-order valence-corrected chi connectivity index (χ3v) is 7.05. The van der Waals surface area contributed by atoms with Gasteiger partial charge in [-0.3, -0.25) is 4.79 Å². The first-order valence-corrected chi connectivity index (χ1v) is 12.5. The first-order valence-electron chi connectivity index (χ1n) is 11.6. The maximum atomic E-state index is 13.1. The normalized spacial score (nSPS) is 19.0. The zero-order valence-electron chi connectivity index (χ0n) is 19.7. The van der Waals surface area contributed by atoms with Gasteiger partial charge in [0, 0.05) is 30.0 Å². The summed E-state index contributed by atoms with van der Waals surface area (Å²) in [6, 6.07) is 8.18. The Morgan fingerprint density at radius 3 is 2.61 bits per heavy atom. The highest BCUT2D eigenvalue weighted by atomic mass is 32.1. The summed E-state index contributed by atoms with van der Waals surface area (Å²) in [5.41, 5.74) is 4.36. The quantitative estimate of drug-likeness (QED) is 0.376. The molecule has 0 spiro atoms. The number of pyridine rings is 1. The predicted molar refractivity (Wildman–Crippen MR) is 135 cm³/mol. The third-order valence-electron chi connectivity index (χ3n) is 6.26. The molecule has 176 valence electrons. The van der Waals surface area contributed by atoms with Gasteiger partial charge in [0.15, 0.2) is 0 Å². The molecule has 0 saturated heterocycles. The number of fused-ring (bicyclic) bond motifs is 1. The molecule has 3 aromatic rings. The van der Waals surface area contributed by atoms with Gasteiger partial charge in [0.2, 0.25) is 0 Å². The summed E-state index contributed by atoms with van der Waals surface area (Å²) in [4.78, 5) is 21.9. The molecule has 0 bridgehead atoms. The molecule has 2 heterocycles. The van der Waals surface area contributed by atoms with Crippen molar-refractivity contribution in [1.82, 2.24) is 15.3 Å². The van der Waals surface area contributed by atoms with Crippen molar-refractivity contribution < 1.29 is 9.90 Å². The van der Waals surface area contributed by atoms with Gasteiger partial charge in [-0.15, -0.1) is 11.3 Å². The van der Waals surface area contributed by atoms with Crippen molar-refractivity contribution in [3.05, 3.63) is 41.5 Å². The van der Waals surface area contributed by atoms with Crippen molar-refractivity contribution in [2.75, 3.05) is 10.6 Å². The molecule has 4 rings (SSSR count). The van der Waals surface area contributed by atoms with Crippen LogP contribution in [0.2, 0.25) is 0 Å². The maximum absolute atomic E-state index is 13.1. The summed E-state index contributed by atoms with van der Waals surface area (Å²) in [6.07, 6.45) is 5.21. The summed E-state index contributed by atoms with van der Waals surface area (Å²) in [5, 5.41) is 20.2. The van der Waals surface area contributed by atoms with Crippen molar-refractivity contribution in [3.63, 3.8) is 0 Å². The fourth-order valence-corrected chi connectivity index (χ4v) is 5.14. The number of hydrogen-bond acceptors (Lipinski definition) is 7. The summed E-state index contributed by atoms with van der Waals surface area (Å²) in [5.74, 6) is 0.833. The van der Waals surface area contributed by atoms with Gasteiger partial charge in [-0.2, -0.15) is 0 Å². The fourth-order valence-electron chi connectivity index (χ4n) is 4.42. The number of aliphatic hydroxyl groups is 1. The second kappa shape index (κ2) is 9.65. The van der Waals surface area contributed by atoms with Crippen molar-refractivity contribution in [2.24, 2.45) is 5.92 Å². The van der Waals surface area contributed by atoms with E-state index in [2.05, 4.69) is 32.0 Å². The first-order chi connectivity index (χ1) is 15.7. The van der Waals surface area contributed by atoms with E-state index in [0.29, 0.717) is 11.4 Å². The number of aromatic nitrogens is 2. The minimum absolute atomic E-state index is 0.116. The number of carbonyl (C=O) groups excluding carboxylic acids is 1. The largest absolute Gasteiger partial charge is 0.390 e. The van der Waals surface area contributed by atoms with Crippen LogP contribution in [0.3, 0.4) is 0 Å². The number of benzene rings is 1. The van der Waals surface area contributed by atoms with Gasteiger partial charge in [-0.25, -0.2) is 9.97 Å². The average Bonchev–Trinajstić information content (AvgIpc) is 3.21. The molecule has 33 heavy (non-hydrogen) atoms. The zero-order chi connectivity index (χ0) is 23.6. The van der Waals surface area contributed by atoms with Gasteiger partial charge in [0.25, 0.3) is 5.91 Å². The lowest BCUT2D eigenvalue weighted by Crippen LogP contribution is -2.42. The number of amides is 1. The number of hydrogen-bond donors (Lipinski definition) is 4. The van der Waals surface area contributed by atoms with Gasteiger partial charge < -0.3 is 21.1 Å². The van der Waals surface area contributed by atoms with Crippen molar-refractivity contribution >= 4 is 44.7 Å². The smallest absolute Gasteiger partial charge is 0.255 e. The molecule has 2 aromatic heterocycles. The third kappa shape index (κ3) is 5.81. The second-order valence-corrected chi connectivity index (χ2v) is 10.6. The van der Waals surface area contributed by atoms with Crippen molar-refractivity contribution in [1.29, 1.82) is 0 Å². The van der Waals surface area contributed by atoms with E-state index in [4.69, 9.17) is 0 Å². The molecule has 1 amide bonds. The highest BCUT2D eigenvalue weighted by molar-refractivity contribution is 7.16. The number of nitrogens with zero attached hydrogens (tertiary/aromatic N) is 2. The van der Waals surface area contributed by atoms with Gasteiger partial charge in [0.1, 0.15) is 5.82 Å². The molecule has 0 aliphatic heterocycles. The minimum atomic E-state index is -0.666. The first kappa shape index (κ1) is 23.4. The monoisotopic (exact) mass is 467 g/mol. The molecule has 4 N–H and O–H groups in total. The van der Waals surface area contributed by atoms with Crippen LogP contribution in [0.25, 0.3) is 10.2 Å². The number of thiazole rings is 1. The molecule has 8 heteroatoms. The highest BCUT2D eigenvalue weighted by Crippen LogP contribution is 2.33. The lowest BCUT2D eigenvalue weighted by molar-refractivity contribution is -0.00257. The summed E-state index contributed by atoms with van der Waals surface area (Å²) in [6.45, 7) is 7.84. The Bertz CT molecular complexity index is 1110. The lowest BCUT2D eigenvalue weighted by Gasteiger charge is -2.36. The Morgan fingerprint density at radius 2 is 1.91 bits per heavy atom. The van der Waals surface area contributed by atoms with E-state index in [0.717, 1.165) is 47.3 Å². The second-order valence-electron chi connectivity index (χ2n) is 9.75. The van der Waals surface area contributed by atoms with Gasteiger partial charge in [0.05, 0.1) is 32.6 Å². The van der Waals surface area contributed by atoms with Gasteiger partial charge in [-0.05, 0) is 77.5 Å². The number of carbonyl (C=O) groups is 1. The van der Waals surface area contributed by atoms with Crippen LogP contribution >= 0.6 is 11.3 Å². The molecular weight excluding hydrogens is 434 g/mol.